The van der Waals surface area contributed by atoms with Gasteiger partial charge in [0.05, 0.1) is 19.1 Å². The summed E-state index contributed by atoms with van der Waals surface area (Å²) in [5.41, 5.74) is 0. The lowest BCUT2D eigenvalue weighted by Crippen LogP contribution is -2.54. The number of aliphatic carboxylic acids is 1. The van der Waals surface area contributed by atoms with Crippen LogP contribution in [0.3, 0.4) is 0 Å². The fourth-order valence-electron chi connectivity index (χ4n) is 1.51. The van der Waals surface area contributed by atoms with E-state index in [9.17, 15) is 18.0 Å². The number of alkyl halides is 3. The van der Waals surface area contributed by atoms with Crippen molar-refractivity contribution in [1.82, 2.24) is 10.2 Å². The molecule has 0 spiro atoms. The van der Waals surface area contributed by atoms with Crippen LogP contribution in [0.15, 0.2) is 0 Å². The molecule has 2 N–H and O–H groups in total. The first-order valence-corrected chi connectivity index (χ1v) is 5.69. The normalized spacial score (nSPS) is 20.1. The predicted molar refractivity (Wildman–Crippen MR) is 57.4 cm³/mol. The second-order valence-corrected chi connectivity index (χ2v) is 4.10. The van der Waals surface area contributed by atoms with Crippen molar-refractivity contribution in [1.29, 1.82) is 0 Å². The Balaban J connectivity index is 0.000000224. The molecular weight excluding hydrogens is 269 g/mol. The number of rotatable bonds is 1. The number of hydrogen-bond acceptors (Lipinski definition) is 4. The van der Waals surface area contributed by atoms with Crippen molar-refractivity contribution < 1.29 is 32.6 Å². The highest BCUT2D eigenvalue weighted by Gasteiger charge is 2.38. The Morgan fingerprint density at radius 2 is 1.68 bits per heavy atom. The van der Waals surface area contributed by atoms with Gasteiger partial charge in [-0.05, 0) is 0 Å². The molecule has 2 aliphatic rings. The lowest BCUT2D eigenvalue weighted by molar-refractivity contribution is -0.192. The molecule has 6 nitrogen and oxygen atoms in total. The highest BCUT2D eigenvalue weighted by atomic mass is 19.4. The van der Waals surface area contributed by atoms with Crippen molar-refractivity contribution in [2.75, 3.05) is 39.4 Å². The molecule has 9 heteroatoms. The summed E-state index contributed by atoms with van der Waals surface area (Å²) < 4.78 is 36.9. The van der Waals surface area contributed by atoms with Crippen LogP contribution in [0.4, 0.5) is 13.2 Å². The fraction of sp³-hybridized carbons (Fsp3) is 0.800. The molecule has 19 heavy (non-hydrogen) atoms. The first-order chi connectivity index (χ1) is 8.82. The maximum absolute atomic E-state index is 11.6. The Morgan fingerprint density at radius 1 is 1.21 bits per heavy atom. The third kappa shape index (κ3) is 5.03. The van der Waals surface area contributed by atoms with Crippen molar-refractivity contribution in [3.8, 4) is 0 Å². The van der Waals surface area contributed by atoms with Gasteiger partial charge in [-0.2, -0.15) is 13.2 Å². The second-order valence-electron chi connectivity index (χ2n) is 4.10. The number of carbonyl (C=O) groups is 2. The molecule has 0 atom stereocenters. The number of hydrogen-bond donors (Lipinski definition) is 2. The largest absolute Gasteiger partial charge is 0.490 e. The SMILES string of the molecule is O=C(C1CNC1)N1CCOCC1.O=C(O)C(F)(F)F. The van der Waals surface area contributed by atoms with Crippen molar-refractivity contribution >= 4 is 11.9 Å². The number of morpholine rings is 1. The summed E-state index contributed by atoms with van der Waals surface area (Å²) in [5.74, 6) is -2.22. The molecule has 0 aromatic heterocycles. The Morgan fingerprint density at radius 3 is 2.00 bits per heavy atom. The van der Waals surface area contributed by atoms with Gasteiger partial charge in [-0.15, -0.1) is 0 Å². The zero-order valence-corrected chi connectivity index (χ0v) is 10.1. The molecule has 2 rings (SSSR count). The van der Waals surface area contributed by atoms with Crippen molar-refractivity contribution in [2.45, 2.75) is 6.18 Å². The lowest BCUT2D eigenvalue weighted by Gasteiger charge is -2.34. The van der Waals surface area contributed by atoms with Gasteiger partial charge in [-0.1, -0.05) is 0 Å². The van der Waals surface area contributed by atoms with Gasteiger partial charge in [0.15, 0.2) is 0 Å². The monoisotopic (exact) mass is 284 g/mol. The van der Waals surface area contributed by atoms with Crippen LogP contribution in [0.25, 0.3) is 0 Å². The molecule has 0 saturated carbocycles. The molecule has 0 unspecified atom stereocenters. The molecule has 2 fully saturated rings. The molecule has 0 radical (unpaired) electrons. The molecule has 0 aliphatic carbocycles. The number of nitrogens with one attached hydrogen (secondary N) is 1. The topological polar surface area (TPSA) is 78.9 Å². The summed E-state index contributed by atoms with van der Waals surface area (Å²) in [5, 5.41) is 10.2. The minimum absolute atomic E-state index is 0.239. The lowest BCUT2D eigenvalue weighted by atomic mass is 10.0. The van der Waals surface area contributed by atoms with E-state index in [4.69, 9.17) is 14.6 Å². The summed E-state index contributed by atoms with van der Waals surface area (Å²) in [7, 11) is 0. The first kappa shape index (κ1) is 15.7. The van der Waals surface area contributed by atoms with Gasteiger partial charge in [-0.25, -0.2) is 4.79 Å². The highest BCUT2D eigenvalue weighted by Crippen LogP contribution is 2.13. The van der Waals surface area contributed by atoms with E-state index < -0.39 is 12.1 Å². The van der Waals surface area contributed by atoms with Crippen LogP contribution >= 0.6 is 0 Å². The van der Waals surface area contributed by atoms with Gasteiger partial charge >= 0.3 is 12.1 Å². The van der Waals surface area contributed by atoms with Crippen LogP contribution in [0.1, 0.15) is 0 Å². The second kappa shape index (κ2) is 6.71. The van der Waals surface area contributed by atoms with Crippen LogP contribution in [0.2, 0.25) is 0 Å². The van der Waals surface area contributed by atoms with Crippen LogP contribution in [0.5, 0.6) is 0 Å². The molecule has 1 amide bonds. The van der Waals surface area contributed by atoms with Gasteiger partial charge in [0.2, 0.25) is 5.91 Å². The van der Waals surface area contributed by atoms with Crippen LogP contribution in [0, 0.1) is 5.92 Å². The number of halogens is 3. The van der Waals surface area contributed by atoms with Gasteiger partial charge in [-0.3, -0.25) is 4.79 Å². The first-order valence-electron chi connectivity index (χ1n) is 5.69. The predicted octanol–water partition coefficient (Wildman–Crippen LogP) is -0.302. The number of carboxylic acids is 1. The summed E-state index contributed by atoms with van der Waals surface area (Å²) in [4.78, 5) is 22.4. The number of amides is 1. The van der Waals surface area contributed by atoms with Gasteiger partial charge < -0.3 is 20.1 Å². The van der Waals surface area contributed by atoms with E-state index in [1.54, 1.807) is 0 Å². The molecule has 2 aliphatic heterocycles. The van der Waals surface area contributed by atoms with Crippen LogP contribution in [-0.4, -0.2) is 67.5 Å². The number of carbonyl (C=O) groups excluding carboxylic acids is 1. The minimum Gasteiger partial charge on any atom is -0.475 e. The van der Waals surface area contributed by atoms with Crippen molar-refractivity contribution in [2.24, 2.45) is 5.92 Å². The summed E-state index contributed by atoms with van der Waals surface area (Å²) >= 11 is 0. The number of ether oxygens (including phenoxy) is 1. The molecular formula is C10H15F3N2O4. The third-order valence-corrected chi connectivity index (χ3v) is 2.70. The minimum atomic E-state index is -5.08. The van der Waals surface area contributed by atoms with E-state index in [2.05, 4.69) is 5.32 Å². The van der Waals surface area contributed by atoms with E-state index in [1.165, 1.54) is 0 Å². The zero-order chi connectivity index (χ0) is 14.5. The highest BCUT2D eigenvalue weighted by molar-refractivity contribution is 5.80. The average Bonchev–Trinajstić information content (AvgIpc) is 2.27. The van der Waals surface area contributed by atoms with Crippen molar-refractivity contribution in [3.05, 3.63) is 0 Å². The maximum Gasteiger partial charge on any atom is 0.490 e. The van der Waals surface area contributed by atoms with Gasteiger partial charge in [0, 0.05) is 26.2 Å². The summed E-state index contributed by atoms with van der Waals surface area (Å²) in [6.45, 7) is 4.66. The zero-order valence-electron chi connectivity index (χ0n) is 10.1. The van der Waals surface area contributed by atoms with Gasteiger partial charge in [0.1, 0.15) is 0 Å². The Bertz CT molecular complexity index is 325. The van der Waals surface area contributed by atoms with E-state index in [1.807, 2.05) is 4.90 Å². The quantitative estimate of drug-likeness (QED) is 0.691. The Kier molecular flexibility index (Phi) is 5.55. The fourth-order valence-corrected chi connectivity index (χ4v) is 1.51. The summed E-state index contributed by atoms with van der Waals surface area (Å²) in [6.07, 6.45) is -5.08. The Labute approximate surface area is 107 Å². The molecule has 0 bridgehead atoms. The van der Waals surface area contributed by atoms with E-state index in [0.29, 0.717) is 19.1 Å². The van der Waals surface area contributed by atoms with Gasteiger partial charge in [0.25, 0.3) is 0 Å². The van der Waals surface area contributed by atoms with E-state index in [0.717, 1.165) is 26.2 Å². The third-order valence-electron chi connectivity index (χ3n) is 2.70. The number of carboxylic acid groups (broad SMARTS) is 1. The van der Waals surface area contributed by atoms with Crippen molar-refractivity contribution in [3.63, 3.8) is 0 Å². The van der Waals surface area contributed by atoms with Crippen LogP contribution in [-0.2, 0) is 14.3 Å². The smallest absolute Gasteiger partial charge is 0.475 e. The molecule has 0 aromatic rings. The summed E-state index contributed by atoms with van der Waals surface area (Å²) in [6, 6.07) is 0. The average molecular weight is 284 g/mol. The maximum atomic E-state index is 11.6. The standard InChI is InChI=1S/C8H14N2O2.C2HF3O2/c11-8(7-5-9-6-7)10-1-3-12-4-2-10;3-2(4,5)1(6)7/h7,9H,1-6H2;(H,6,7). The molecule has 0 aromatic carbocycles. The van der Waals surface area contributed by atoms with Crippen LogP contribution < -0.4 is 5.32 Å². The molecule has 110 valence electrons. The Hall–Kier alpha value is -1.35. The molecule has 2 saturated heterocycles. The van der Waals surface area contributed by atoms with E-state index in [-0.39, 0.29) is 5.92 Å². The molecule has 2 heterocycles. The van der Waals surface area contributed by atoms with E-state index >= 15 is 0 Å². The number of nitrogens with zero attached hydrogens (tertiary/aromatic N) is 1.